The van der Waals surface area contributed by atoms with Crippen molar-refractivity contribution < 1.29 is 4.42 Å². The van der Waals surface area contributed by atoms with Gasteiger partial charge in [0.25, 0.3) is 0 Å². The Balaban J connectivity index is 1.21. The SMILES string of the molecule is c1cn(CCCC2CCN(c3nnc(C4CC4)o3)CC2)cn1. The predicted molar refractivity (Wildman–Crippen MR) is 82.7 cm³/mol. The lowest BCUT2D eigenvalue weighted by atomic mass is 9.92. The highest BCUT2D eigenvalue weighted by Crippen LogP contribution is 2.40. The van der Waals surface area contributed by atoms with Crippen LogP contribution in [0.3, 0.4) is 0 Å². The first kappa shape index (κ1) is 13.8. The maximum absolute atomic E-state index is 5.81. The lowest BCUT2D eigenvalue weighted by molar-refractivity contribution is 0.350. The monoisotopic (exact) mass is 301 g/mol. The zero-order valence-corrected chi connectivity index (χ0v) is 12.9. The van der Waals surface area contributed by atoms with Gasteiger partial charge in [-0.3, -0.25) is 0 Å². The molecule has 1 saturated heterocycles. The van der Waals surface area contributed by atoms with E-state index in [-0.39, 0.29) is 0 Å². The summed E-state index contributed by atoms with van der Waals surface area (Å²) in [5.41, 5.74) is 0. The van der Waals surface area contributed by atoms with Gasteiger partial charge < -0.3 is 13.9 Å². The number of hydrogen-bond donors (Lipinski definition) is 0. The van der Waals surface area contributed by atoms with Gasteiger partial charge in [0.2, 0.25) is 5.89 Å². The largest absolute Gasteiger partial charge is 0.408 e. The van der Waals surface area contributed by atoms with Crippen LogP contribution in [0.4, 0.5) is 6.01 Å². The van der Waals surface area contributed by atoms with Gasteiger partial charge in [-0.1, -0.05) is 5.10 Å². The van der Waals surface area contributed by atoms with Crippen LogP contribution in [0, 0.1) is 5.92 Å². The Morgan fingerprint density at radius 2 is 2.00 bits per heavy atom. The van der Waals surface area contributed by atoms with Crippen molar-refractivity contribution in [1.29, 1.82) is 0 Å². The number of nitrogens with zero attached hydrogens (tertiary/aromatic N) is 5. The third-order valence-electron chi connectivity index (χ3n) is 4.83. The van der Waals surface area contributed by atoms with Crippen LogP contribution in [-0.2, 0) is 6.54 Å². The molecule has 22 heavy (non-hydrogen) atoms. The molecule has 2 aromatic heterocycles. The molecule has 0 bridgehead atoms. The van der Waals surface area contributed by atoms with E-state index in [9.17, 15) is 0 Å². The van der Waals surface area contributed by atoms with E-state index in [0.29, 0.717) is 5.92 Å². The molecular weight excluding hydrogens is 278 g/mol. The summed E-state index contributed by atoms with van der Waals surface area (Å²) < 4.78 is 7.97. The Morgan fingerprint density at radius 1 is 1.14 bits per heavy atom. The maximum atomic E-state index is 5.81. The molecule has 0 N–H and O–H groups in total. The average Bonchev–Trinajstić information content (AvgIpc) is 3.07. The molecule has 0 aromatic carbocycles. The van der Waals surface area contributed by atoms with Crippen molar-refractivity contribution in [3.63, 3.8) is 0 Å². The first-order chi connectivity index (χ1) is 10.9. The summed E-state index contributed by atoms with van der Waals surface area (Å²) in [5.74, 6) is 2.21. The molecule has 2 aliphatic rings. The van der Waals surface area contributed by atoms with Gasteiger partial charge in [0.15, 0.2) is 0 Å². The molecule has 1 saturated carbocycles. The highest BCUT2D eigenvalue weighted by Gasteiger charge is 2.31. The fraction of sp³-hybridized carbons (Fsp3) is 0.688. The molecule has 2 aromatic rings. The van der Waals surface area contributed by atoms with Gasteiger partial charge in [0.05, 0.1) is 6.33 Å². The first-order valence-electron chi connectivity index (χ1n) is 8.42. The Bertz CT molecular complexity index is 581. The summed E-state index contributed by atoms with van der Waals surface area (Å²) in [6, 6.07) is 0.735. The summed E-state index contributed by atoms with van der Waals surface area (Å²) in [6.45, 7) is 3.17. The van der Waals surface area contributed by atoms with E-state index >= 15 is 0 Å². The first-order valence-corrected chi connectivity index (χ1v) is 8.42. The van der Waals surface area contributed by atoms with Crippen molar-refractivity contribution in [3.8, 4) is 0 Å². The third-order valence-corrected chi connectivity index (χ3v) is 4.83. The normalized spacial score (nSPS) is 19.7. The van der Waals surface area contributed by atoms with E-state index in [1.54, 1.807) is 0 Å². The van der Waals surface area contributed by atoms with Crippen molar-refractivity contribution in [2.45, 2.75) is 51.0 Å². The van der Waals surface area contributed by atoms with E-state index < -0.39 is 0 Å². The molecule has 0 spiro atoms. The highest BCUT2D eigenvalue weighted by molar-refractivity contribution is 5.25. The molecule has 1 aliphatic heterocycles. The molecule has 2 fully saturated rings. The van der Waals surface area contributed by atoms with Crippen molar-refractivity contribution in [2.24, 2.45) is 5.92 Å². The Kier molecular flexibility index (Phi) is 3.83. The molecule has 3 heterocycles. The molecule has 0 radical (unpaired) electrons. The summed E-state index contributed by atoms with van der Waals surface area (Å²) in [4.78, 5) is 6.34. The van der Waals surface area contributed by atoms with Gasteiger partial charge in [-0.15, -0.1) is 5.10 Å². The summed E-state index contributed by atoms with van der Waals surface area (Å²) >= 11 is 0. The second kappa shape index (κ2) is 6.10. The Labute approximate surface area is 130 Å². The quantitative estimate of drug-likeness (QED) is 0.821. The third kappa shape index (κ3) is 3.15. The highest BCUT2D eigenvalue weighted by atomic mass is 16.4. The number of aryl methyl sites for hydroxylation is 1. The minimum absolute atomic E-state index is 0.543. The zero-order chi connectivity index (χ0) is 14.8. The number of hydrogen-bond acceptors (Lipinski definition) is 5. The van der Waals surface area contributed by atoms with E-state index in [0.717, 1.165) is 37.5 Å². The molecule has 0 unspecified atom stereocenters. The summed E-state index contributed by atoms with van der Waals surface area (Å²) in [5, 5.41) is 8.40. The van der Waals surface area contributed by atoms with Crippen LogP contribution >= 0.6 is 0 Å². The van der Waals surface area contributed by atoms with Crippen molar-refractivity contribution in [2.75, 3.05) is 18.0 Å². The zero-order valence-electron chi connectivity index (χ0n) is 12.9. The van der Waals surface area contributed by atoms with Gasteiger partial charge >= 0.3 is 6.01 Å². The topological polar surface area (TPSA) is 60.0 Å². The molecule has 0 atom stereocenters. The lowest BCUT2D eigenvalue weighted by Crippen LogP contribution is -2.33. The van der Waals surface area contributed by atoms with Crippen LogP contribution in [0.25, 0.3) is 0 Å². The lowest BCUT2D eigenvalue weighted by Gasteiger charge is -2.30. The summed E-state index contributed by atoms with van der Waals surface area (Å²) in [6.07, 6.45) is 13.2. The minimum Gasteiger partial charge on any atom is -0.408 e. The smallest absolute Gasteiger partial charge is 0.318 e. The van der Waals surface area contributed by atoms with Crippen LogP contribution in [0.15, 0.2) is 23.1 Å². The molecule has 6 heteroatoms. The van der Waals surface area contributed by atoms with Gasteiger partial charge in [0, 0.05) is 37.9 Å². The molecule has 0 amide bonds. The van der Waals surface area contributed by atoms with Gasteiger partial charge in [0.1, 0.15) is 0 Å². The number of aromatic nitrogens is 4. The Morgan fingerprint density at radius 3 is 2.73 bits per heavy atom. The van der Waals surface area contributed by atoms with Gasteiger partial charge in [-0.25, -0.2) is 4.98 Å². The van der Waals surface area contributed by atoms with Crippen molar-refractivity contribution >= 4 is 6.01 Å². The number of rotatable bonds is 6. The second-order valence-corrected chi connectivity index (χ2v) is 6.57. The van der Waals surface area contributed by atoms with E-state index in [4.69, 9.17) is 4.42 Å². The second-order valence-electron chi connectivity index (χ2n) is 6.57. The van der Waals surface area contributed by atoms with Gasteiger partial charge in [-0.2, -0.15) is 0 Å². The van der Waals surface area contributed by atoms with E-state index in [1.165, 1.54) is 38.5 Å². The minimum atomic E-state index is 0.543. The molecule has 4 rings (SSSR count). The van der Waals surface area contributed by atoms with E-state index in [1.807, 2.05) is 18.7 Å². The average molecular weight is 301 g/mol. The van der Waals surface area contributed by atoms with Crippen LogP contribution in [0.5, 0.6) is 0 Å². The van der Waals surface area contributed by atoms with Crippen LogP contribution < -0.4 is 4.90 Å². The Hall–Kier alpha value is -1.85. The fourth-order valence-corrected chi connectivity index (χ4v) is 3.24. The van der Waals surface area contributed by atoms with Gasteiger partial charge in [-0.05, 0) is 44.4 Å². The van der Waals surface area contributed by atoms with Crippen molar-refractivity contribution in [1.82, 2.24) is 19.7 Å². The molecule has 1 aliphatic carbocycles. The van der Waals surface area contributed by atoms with Crippen molar-refractivity contribution in [3.05, 3.63) is 24.6 Å². The maximum Gasteiger partial charge on any atom is 0.318 e. The number of piperidine rings is 1. The summed E-state index contributed by atoms with van der Waals surface area (Å²) in [7, 11) is 0. The van der Waals surface area contributed by atoms with E-state index in [2.05, 4.69) is 24.6 Å². The molecule has 118 valence electrons. The number of anilines is 1. The standard InChI is InChI=1S/C16H23N5O/c1(8-20-11-7-17-12-20)2-13-5-9-21(10-6-13)16-19-18-15(22-16)14-3-4-14/h7,11-14H,1-6,8-10H2. The van der Waals surface area contributed by atoms with Crippen LogP contribution in [0.2, 0.25) is 0 Å². The molecular formula is C16H23N5O. The molecule has 6 nitrogen and oxygen atoms in total. The number of imidazole rings is 1. The van der Waals surface area contributed by atoms with Crippen LogP contribution in [-0.4, -0.2) is 32.8 Å². The fourth-order valence-electron chi connectivity index (χ4n) is 3.24. The van der Waals surface area contributed by atoms with Crippen LogP contribution in [0.1, 0.15) is 50.3 Å². The predicted octanol–water partition coefficient (Wildman–Crippen LogP) is 2.84.